The Hall–Kier alpha value is -3.66. The van der Waals surface area contributed by atoms with Crippen LogP contribution in [0.15, 0.2) is 75.0 Å². The van der Waals surface area contributed by atoms with Crippen LogP contribution in [0.3, 0.4) is 0 Å². The molecule has 0 unspecified atom stereocenters. The number of rotatable bonds is 4. The van der Waals surface area contributed by atoms with Crippen molar-refractivity contribution in [2.45, 2.75) is 6.18 Å². The van der Waals surface area contributed by atoms with Crippen LogP contribution in [-0.4, -0.2) is 28.1 Å². The molecule has 0 spiro atoms. The van der Waals surface area contributed by atoms with Gasteiger partial charge in [-0.15, -0.1) is 0 Å². The molecule has 0 saturated heterocycles. The van der Waals surface area contributed by atoms with Gasteiger partial charge in [0.15, 0.2) is 17.3 Å². The van der Waals surface area contributed by atoms with Gasteiger partial charge in [-0.2, -0.15) is 22.9 Å². The molecular formula is C23H15BrF3N3O3. The number of aromatic hydroxyl groups is 1. The highest BCUT2D eigenvalue weighted by Crippen LogP contribution is 2.33. The van der Waals surface area contributed by atoms with E-state index < -0.39 is 17.3 Å². The number of alkyl halides is 3. The van der Waals surface area contributed by atoms with Crippen molar-refractivity contribution in [2.75, 3.05) is 7.11 Å². The van der Waals surface area contributed by atoms with Gasteiger partial charge in [0.25, 0.3) is 5.56 Å². The fourth-order valence-electron chi connectivity index (χ4n) is 3.22. The quantitative estimate of drug-likeness (QED) is 0.365. The van der Waals surface area contributed by atoms with Gasteiger partial charge in [0.1, 0.15) is 0 Å². The minimum Gasteiger partial charge on any atom is -0.504 e. The lowest BCUT2D eigenvalue weighted by Crippen LogP contribution is -2.20. The van der Waals surface area contributed by atoms with E-state index in [0.29, 0.717) is 9.99 Å². The van der Waals surface area contributed by atoms with E-state index in [1.54, 1.807) is 36.4 Å². The summed E-state index contributed by atoms with van der Waals surface area (Å²) in [5.41, 5.74) is -0.872. The van der Waals surface area contributed by atoms with E-state index in [9.17, 15) is 23.1 Å². The molecule has 10 heteroatoms. The van der Waals surface area contributed by atoms with Crippen LogP contribution in [0, 0.1) is 0 Å². The summed E-state index contributed by atoms with van der Waals surface area (Å²) in [6.07, 6.45) is -3.36. The average molecular weight is 518 g/mol. The maximum absolute atomic E-state index is 13.3. The van der Waals surface area contributed by atoms with Gasteiger partial charge in [-0.1, -0.05) is 40.2 Å². The summed E-state index contributed by atoms with van der Waals surface area (Å²) >= 11 is 3.30. The van der Waals surface area contributed by atoms with E-state index >= 15 is 0 Å². The molecule has 1 heterocycles. The topological polar surface area (TPSA) is 76.7 Å². The molecule has 0 aliphatic heterocycles. The lowest BCUT2D eigenvalue weighted by molar-refractivity contribution is -0.137. The Morgan fingerprint density at radius 3 is 2.61 bits per heavy atom. The van der Waals surface area contributed by atoms with Gasteiger partial charge in [-0.3, -0.25) is 4.79 Å². The summed E-state index contributed by atoms with van der Waals surface area (Å²) < 4.78 is 46.4. The summed E-state index contributed by atoms with van der Waals surface area (Å²) in [5, 5.41) is 14.8. The van der Waals surface area contributed by atoms with Crippen molar-refractivity contribution in [3.05, 3.63) is 86.6 Å². The standard InChI is InChI=1S/C23H15BrF3N3O3/c1-33-19-11-16(24)10-14(20(19)31)12-28-30-21(13-5-4-6-15(9-13)23(25,26)27)29-18-8-3-2-7-17(18)22(30)32/h2-12,31H,1H3. The van der Waals surface area contributed by atoms with Crippen LogP contribution in [0.4, 0.5) is 13.2 Å². The van der Waals surface area contributed by atoms with E-state index in [0.717, 1.165) is 16.8 Å². The molecule has 0 radical (unpaired) electrons. The number of aromatic nitrogens is 2. The number of hydrogen-bond acceptors (Lipinski definition) is 5. The summed E-state index contributed by atoms with van der Waals surface area (Å²) in [7, 11) is 1.38. The number of ether oxygens (including phenoxy) is 1. The van der Waals surface area contributed by atoms with Gasteiger partial charge in [0, 0.05) is 15.6 Å². The maximum atomic E-state index is 13.3. The van der Waals surface area contributed by atoms with Crippen LogP contribution in [0.2, 0.25) is 0 Å². The van der Waals surface area contributed by atoms with Crippen LogP contribution in [-0.2, 0) is 6.18 Å². The highest BCUT2D eigenvalue weighted by molar-refractivity contribution is 9.10. The number of benzene rings is 3. The summed E-state index contributed by atoms with van der Waals surface area (Å²) in [5.74, 6) is -0.123. The molecular weight excluding hydrogens is 503 g/mol. The van der Waals surface area contributed by atoms with Gasteiger partial charge in [-0.05, 0) is 36.4 Å². The minimum absolute atomic E-state index is 0.0564. The number of methoxy groups -OCH3 is 1. The number of phenols is 1. The Balaban J connectivity index is 1.95. The molecule has 0 fully saturated rings. The smallest absolute Gasteiger partial charge is 0.416 e. The van der Waals surface area contributed by atoms with E-state index in [1.807, 2.05) is 0 Å². The second-order valence-corrected chi connectivity index (χ2v) is 7.85. The fraction of sp³-hybridized carbons (Fsp3) is 0.0870. The highest BCUT2D eigenvalue weighted by atomic mass is 79.9. The van der Waals surface area contributed by atoms with Crippen molar-refractivity contribution in [3.63, 3.8) is 0 Å². The lowest BCUT2D eigenvalue weighted by atomic mass is 10.1. The normalized spacial score (nSPS) is 11.9. The number of phenolic OH excluding ortho intramolecular Hbond substituents is 1. The first kappa shape index (κ1) is 22.5. The lowest BCUT2D eigenvalue weighted by Gasteiger charge is -2.12. The third-order valence-corrected chi connectivity index (χ3v) is 5.26. The number of nitrogens with zero attached hydrogens (tertiary/aromatic N) is 3. The molecule has 0 bridgehead atoms. The Kier molecular flexibility index (Phi) is 5.94. The first-order valence-electron chi connectivity index (χ1n) is 9.49. The van der Waals surface area contributed by atoms with Gasteiger partial charge < -0.3 is 9.84 Å². The Bertz CT molecular complexity index is 1450. The summed E-state index contributed by atoms with van der Waals surface area (Å²) in [6, 6.07) is 14.0. The van der Waals surface area contributed by atoms with Crippen LogP contribution < -0.4 is 10.3 Å². The van der Waals surface area contributed by atoms with Crippen molar-refractivity contribution < 1.29 is 23.0 Å². The zero-order valence-corrected chi connectivity index (χ0v) is 18.6. The largest absolute Gasteiger partial charge is 0.504 e. The van der Waals surface area contributed by atoms with Crippen LogP contribution in [0.1, 0.15) is 11.1 Å². The van der Waals surface area contributed by atoms with Crippen LogP contribution in [0.25, 0.3) is 22.3 Å². The van der Waals surface area contributed by atoms with E-state index in [-0.39, 0.29) is 33.8 Å². The molecule has 4 rings (SSSR count). The Labute approximate surface area is 193 Å². The van der Waals surface area contributed by atoms with Crippen molar-refractivity contribution in [1.29, 1.82) is 0 Å². The number of para-hydroxylation sites is 1. The van der Waals surface area contributed by atoms with Gasteiger partial charge in [0.2, 0.25) is 0 Å². The van der Waals surface area contributed by atoms with Gasteiger partial charge in [0.05, 0.1) is 29.8 Å². The molecule has 1 N–H and O–H groups in total. The van der Waals surface area contributed by atoms with E-state index in [2.05, 4.69) is 26.0 Å². The average Bonchev–Trinajstić information content (AvgIpc) is 2.79. The summed E-state index contributed by atoms with van der Waals surface area (Å²) in [6.45, 7) is 0. The maximum Gasteiger partial charge on any atom is 0.416 e. The molecule has 0 aliphatic carbocycles. The monoisotopic (exact) mass is 517 g/mol. The van der Waals surface area contributed by atoms with Crippen LogP contribution in [0.5, 0.6) is 11.5 Å². The molecule has 4 aromatic rings. The van der Waals surface area contributed by atoms with E-state index in [4.69, 9.17) is 4.74 Å². The van der Waals surface area contributed by atoms with Crippen molar-refractivity contribution in [2.24, 2.45) is 5.10 Å². The second-order valence-electron chi connectivity index (χ2n) is 6.94. The zero-order valence-electron chi connectivity index (χ0n) is 17.0. The minimum atomic E-state index is -4.57. The van der Waals surface area contributed by atoms with Gasteiger partial charge in [-0.25, -0.2) is 4.98 Å². The third-order valence-electron chi connectivity index (χ3n) is 4.80. The Morgan fingerprint density at radius 1 is 1.12 bits per heavy atom. The molecule has 3 aromatic carbocycles. The van der Waals surface area contributed by atoms with Crippen LogP contribution >= 0.6 is 15.9 Å². The second kappa shape index (κ2) is 8.70. The predicted molar refractivity (Wildman–Crippen MR) is 122 cm³/mol. The molecule has 33 heavy (non-hydrogen) atoms. The molecule has 0 amide bonds. The Morgan fingerprint density at radius 2 is 1.88 bits per heavy atom. The summed E-state index contributed by atoms with van der Waals surface area (Å²) in [4.78, 5) is 17.6. The number of hydrogen-bond donors (Lipinski definition) is 1. The predicted octanol–water partition coefficient (Wildman–Crippen LogP) is 5.44. The third kappa shape index (κ3) is 4.47. The van der Waals surface area contributed by atoms with Crippen molar-refractivity contribution in [1.82, 2.24) is 9.66 Å². The van der Waals surface area contributed by atoms with Crippen molar-refractivity contribution in [3.8, 4) is 22.9 Å². The SMILES string of the molecule is COc1cc(Br)cc(C=Nn2c(-c3cccc(C(F)(F)F)c3)nc3ccccc3c2=O)c1O. The van der Waals surface area contributed by atoms with Gasteiger partial charge >= 0.3 is 6.18 Å². The number of halogens is 4. The molecule has 0 atom stereocenters. The van der Waals surface area contributed by atoms with Crippen molar-refractivity contribution >= 4 is 33.0 Å². The molecule has 0 saturated carbocycles. The molecule has 1 aromatic heterocycles. The molecule has 6 nitrogen and oxygen atoms in total. The first-order valence-corrected chi connectivity index (χ1v) is 10.3. The molecule has 0 aliphatic rings. The first-order chi connectivity index (χ1) is 15.7. The highest BCUT2D eigenvalue weighted by Gasteiger charge is 2.31. The fourth-order valence-corrected chi connectivity index (χ4v) is 3.68. The van der Waals surface area contributed by atoms with E-state index in [1.165, 1.54) is 25.5 Å². The molecule has 168 valence electrons. The zero-order chi connectivity index (χ0) is 23.8. The number of fused-ring (bicyclic) bond motifs is 1.